The van der Waals surface area contributed by atoms with Gasteiger partial charge in [0.05, 0.1) is 5.56 Å². The molecule has 2 rings (SSSR count). The molecule has 0 fully saturated rings. The maximum absolute atomic E-state index is 11.7. The van der Waals surface area contributed by atoms with Crippen molar-refractivity contribution < 1.29 is 14.3 Å². The Hall–Kier alpha value is -2.17. The molecule has 0 aliphatic carbocycles. The number of amidine groups is 1. The quantitative estimate of drug-likeness (QED) is 0.267. The SMILES string of the molecule is N/C(=N/OC(=O)c1ccccc1I)c1nonc1N. The third-order valence-corrected chi connectivity index (χ3v) is 3.02. The predicted molar refractivity (Wildman–Crippen MR) is 74.0 cm³/mol. The topological polar surface area (TPSA) is 130 Å². The Morgan fingerprint density at radius 1 is 1.37 bits per heavy atom. The van der Waals surface area contributed by atoms with Crippen molar-refractivity contribution in [3.05, 3.63) is 39.1 Å². The fourth-order valence-corrected chi connectivity index (χ4v) is 1.79. The van der Waals surface area contributed by atoms with Crippen molar-refractivity contribution >= 4 is 40.2 Å². The second-order valence-corrected chi connectivity index (χ2v) is 4.50. The summed E-state index contributed by atoms with van der Waals surface area (Å²) in [5.74, 6) is -0.868. The first-order chi connectivity index (χ1) is 9.09. The van der Waals surface area contributed by atoms with Crippen molar-refractivity contribution in [3.8, 4) is 0 Å². The van der Waals surface area contributed by atoms with Gasteiger partial charge in [-0.05, 0) is 45.0 Å². The van der Waals surface area contributed by atoms with Gasteiger partial charge in [0.1, 0.15) is 0 Å². The summed E-state index contributed by atoms with van der Waals surface area (Å²) in [7, 11) is 0. The van der Waals surface area contributed by atoms with Crippen LogP contribution >= 0.6 is 22.6 Å². The van der Waals surface area contributed by atoms with Gasteiger partial charge >= 0.3 is 5.97 Å². The number of nitrogens with zero attached hydrogens (tertiary/aromatic N) is 3. The Balaban J connectivity index is 2.13. The van der Waals surface area contributed by atoms with Crippen molar-refractivity contribution in [2.75, 3.05) is 5.73 Å². The highest BCUT2D eigenvalue weighted by Crippen LogP contribution is 2.13. The molecule has 1 aromatic carbocycles. The molecule has 0 unspecified atom stereocenters. The number of aromatic nitrogens is 2. The zero-order valence-electron chi connectivity index (χ0n) is 9.41. The lowest BCUT2D eigenvalue weighted by molar-refractivity contribution is 0.0514. The van der Waals surface area contributed by atoms with Crippen molar-refractivity contribution in [1.82, 2.24) is 10.3 Å². The fourth-order valence-electron chi connectivity index (χ4n) is 1.18. The van der Waals surface area contributed by atoms with E-state index in [4.69, 9.17) is 16.3 Å². The lowest BCUT2D eigenvalue weighted by Gasteiger charge is -2.01. The largest absolute Gasteiger partial charge is 0.379 e. The molecule has 0 saturated heterocycles. The van der Waals surface area contributed by atoms with Crippen molar-refractivity contribution in [3.63, 3.8) is 0 Å². The van der Waals surface area contributed by atoms with E-state index in [0.717, 1.165) is 3.57 Å². The van der Waals surface area contributed by atoms with Crippen LogP contribution < -0.4 is 11.5 Å². The van der Waals surface area contributed by atoms with Crippen LogP contribution in [0.2, 0.25) is 0 Å². The zero-order chi connectivity index (χ0) is 13.8. The number of hydrogen-bond acceptors (Lipinski definition) is 7. The van der Waals surface area contributed by atoms with E-state index in [1.807, 2.05) is 22.6 Å². The molecule has 0 bridgehead atoms. The lowest BCUT2D eigenvalue weighted by atomic mass is 10.2. The van der Waals surface area contributed by atoms with E-state index in [9.17, 15) is 4.79 Å². The normalized spacial score (nSPS) is 11.3. The second-order valence-electron chi connectivity index (χ2n) is 3.33. The number of halogens is 1. The Bertz CT molecular complexity index is 640. The van der Waals surface area contributed by atoms with E-state index < -0.39 is 5.97 Å². The highest BCUT2D eigenvalue weighted by Gasteiger charge is 2.14. The molecule has 19 heavy (non-hydrogen) atoms. The molecule has 1 aromatic heterocycles. The number of hydrogen-bond donors (Lipinski definition) is 2. The summed E-state index contributed by atoms with van der Waals surface area (Å²) in [5.41, 5.74) is 11.4. The molecule has 1 heterocycles. The zero-order valence-corrected chi connectivity index (χ0v) is 11.6. The van der Waals surface area contributed by atoms with Crippen molar-refractivity contribution in [2.45, 2.75) is 0 Å². The molecule has 9 heteroatoms. The van der Waals surface area contributed by atoms with Crippen LogP contribution in [0.1, 0.15) is 16.1 Å². The Morgan fingerprint density at radius 2 is 2.11 bits per heavy atom. The molecule has 0 aliphatic rings. The molecule has 98 valence electrons. The maximum Gasteiger partial charge on any atom is 0.366 e. The minimum atomic E-state index is -0.636. The van der Waals surface area contributed by atoms with E-state index >= 15 is 0 Å². The third kappa shape index (κ3) is 2.99. The van der Waals surface area contributed by atoms with E-state index in [1.54, 1.807) is 24.3 Å². The molecule has 0 atom stereocenters. The van der Waals surface area contributed by atoms with E-state index in [2.05, 4.69) is 20.1 Å². The van der Waals surface area contributed by atoms with Gasteiger partial charge in [0, 0.05) is 3.57 Å². The number of rotatable bonds is 3. The molecule has 2 aromatic rings. The summed E-state index contributed by atoms with van der Waals surface area (Å²) in [6.45, 7) is 0. The standard InChI is InChI=1S/C10H8IN5O3/c11-6-4-2-1-3-5(6)10(17)18-15-8(12)7-9(13)16-19-14-7/h1-4H,(H2,12,15)(H2,13,16). The van der Waals surface area contributed by atoms with Gasteiger partial charge < -0.3 is 16.3 Å². The molecule has 0 spiro atoms. The van der Waals surface area contributed by atoms with Crippen LogP contribution in [0.4, 0.5) is 5.82 Å². The molecule has 0 aliphatic heterocycles. The first-order valence-corrected chi connectivity index (χ1v) is 6.05. The van der Waals surface area contributed by atoms with E-state index in [1.165, 1.54) is 0 Å². The summed E-state index contributed by atoms with van der Waals surface area (Å²) in [6, 6.07) is 6.90. The average molecular weight is 373 g/mol. The lowest BCUT2D eigenvalue weighted by Crippen LogP contribution is -2.17. The predicted octanol–water partition coefficient (Wildman–Crippen LogP) is 0.734. The number of benzene rings is 1. The second kappa shape index (κ2) is 5.65. The minimum Gasteiger partial charge on any atom is -0.379 e. The molecule has 0 saturated carbocycles. The van der Waals surface area contributed by atoms with Gasteiger partial charge in [-0.1, -0.05) is 17.3 Å². The Kier molecular flexibility index (Phi) is 3.94. The van der Waals surface area contributed by atoms with Crippen LogP contribution in [0.25, 0.3) is 0 Å². The summed E-state index contributed by atoms with van der Waals surface area (Å²) in [5, 5.41) is 10.2. The smallest absolute Gasteiger partial charge is 0.366 e. The molecule has 4 N–H and O–H groups in total. The fraction of sp³-hybridized carbons (Fsp3) is 0. The first-order valence-electron chi connectivity index (χ1n) is 4.97. The highest BCUT2D eigenvalue weighted by atomic mass is 127. The van der Waals surface area contributed by atoms with Crippen molar-refractivity contribution in [2.24, 2.45) is 10.9 Å². The van der Waals surface area contributed by atoms with Gasteiger partial charge in [0.25, 0.3) is 0 Å². The highest BCUT2D eigenvalue weighted by molar-refractivity contribution is 14.1. The van der Waals surface area contributed by atoms with Gasteiger partial charge in [-0.3, -0.25) is 0 Å². The van der Waals surface area contributed by atoms with Gasteiger partial charge in [0.2, 0.25) is 0 Å². The average Bonchev–Trinajstić information content (AvgIpc) is 2.82. The van der Waals surface area contributed by atoms with Crippen molar-refractivity contribution in [1.29, 1.82) is 0 Å². The summed E-state index contributed by atoms with van der Waals surface area (Å²) in [6.07, 6.45) is 0. The van der Waals surface area contributed by atoms with Crippen LogP contribution in [0.15, 0.2) is 34.1 Å². The van der Waals surface area contributed by atoms with Crippen LogP contribution in [-0.4, -0.2) is 22.1 Å². The van der Waals surface area contributed by atoms with Crippen LogP contribution in [0, 0.1) is 3.57 Å². The Labute approximate surface area is 120 Å². The molecule has 0 amide bonds. The molecule has 8 nitrogen and oxygen atoms in total. The number of carbonyl (C=O) groups excluding carboxylic acids is 1. The minimum absolute atomic E-state index is 0.0237. The van der Waals surface area contributed by atoms with E-state index in [-0.39, 0.29) is 17.3 Å². The summed E-state index contributed by atoms with van der Waals surface area (Å²) in [4.78, 5) is 16.4. The molecule has 0 radical (unpaired) electrons. The van der Waals surface area contributed by atoms with Gasteiger partial charge in [-0.15, -0.1) is 0 Å². The number of oxime groups is 1. The first kappa shape index (κ1) is 13.3. The number of nitrogen functional groups attached to an aromatic ring is 1. The van der Waals surface area contributed by atoms with Gasteiger partial charge in [-0.25, -0.2) is 9.42 Å². The van der Waals surface area contributed by atoms with Crippen LogP contribution in [-0.2, 0) is 4.84 Å². The molecular formula is C10H8IN5O3. The number of nitrogens with two attached hydrogens (primary N) is 2. The monoisotopic (exact) mass is 373 g/mol. The van der Waals surface area contributed by atoms with Crippen LogP contribution in [0.3, 0.4) is 0 Å². The maximum atomic E-state index is 11.7. The third-order valence-electron chi connectivity index (χ3n) is 2.08. The number of anilines is 1. The summed E-state index contributed by atoms with van der Waals surface area (Å²) < 4.78 is 5.09. The van der Waals surface area contributed by atoms with E-state index in [0.29, 0.717) is 5.56 Å². The summed E-state index contributed by atoms with van der Waals surface area (Å²) >= 11 is 2.01. The van der Waals surface area contributed by atoms with Gasteiger partial charge in [0.15, 0.2) is 17.3 Å². The Morgan fingerprint density at radius 3 is 2.74 bits per heavy atom. The molecular weight excluding hydrogens is 365 g/mol. The number of carbonyl (C=O) groups is 1. The van der Waals surface area contributed by atoms with Gasteiger partial charge in [-0.2, -0.15) is 0 Å². The van der Waals surface area contributed by atoms with Crippen LogP contribution in [0.5, 0.6) is 0 Å².